The average molecular weight is 174 g/mol. The highest BCUT2D eigenvalue weighted by Gasteiger charge is 2.17. The predicted octanol–water partition coefficient (Wildman–Crippen LogP) is 0.658. The maximum atomic E-state index is 3.52. The molecule has 1 aliphatic rings. The van der Waals surface area contributed by atoms with Crippen LogP contribution >= 0.6 is 0 Å². The van der Waals surface area contributed by atoms with Crippen molar-refractivity contribution in [3.05, 3.63) is 0 Å². The zero-order chi connectivity index (χ0) is 8.32. The summed E-state index contributed by atoms with van der Waals surface area (Å²) in [4.78, 5) is 0. The second-order valence-corrected chi connectivity index (χ2v) is 4.60. The summed E-state index contributed by atoms with van der Waals surface area (Å²) in [6.45, 7) is 2.53. The Hall–Kier alpha value is -0.120. The van der Waals surface area contributed by atoms with E-state index in [1.54, 1.807) is 0 Å². The SMILES string of the molecule is C[N+](C)(C)CCC1CCCN1.[OH-]. The van der Waals surface area contributed by atoms with Gasteiger partial charge in [0.2, 0.25) is 0 Å². The van der Waals surface area contributed by atoms with Crippen molar-refractivity contribution in [3.8, 4) is 0 Å². The Balaban J connectivity index is 0.00000121. The quantitative estimate of drug-likeness (QED) is 0.639. The minimum absolute atomic E-state index is 0. The largest absolute Gasteiger partial charge is 0.870 e. The third kappa shape index (κ3) is 4.70. The van der Waals surface area contributed by atoms with Crippen LogP contribution in [0, 0.1) is 0 Å². The molecule has 74 valence electrons. The van der Waals surface area contributed by atoms with Crippen LogP contribution in [0.3, 0.4) is 0 Å². The number of hydrogen-bond donors (Lipinski definition) is 1. The van der Waals surface area contributed by atoms with Crippen molar-refractivity contribution in [2.45, 2.75) is 25.3 Å². The zero-order valence-corrected chi connectivity index (χ0v) is 8.51. The number of hydrogen-bond acceptors (Lipinski definition) is 2. The van der Waals surface area contributed by atoms with Crippen LogP contribution in [0.2, 0.25) is 0 Å². The maximum absolute atomic E-state index is 3.52. The molecule has 0 spiro atoms. The Labute approximate surface area is 75.7 Å². The molecule has 0 aromatic carbocycles. The lowest BCUT2D eigenvalue weighted by Gasteiger charge is -2.25. The van der Waals surface area contributed by atoms with E-state index < -0.39 is 0 Å². The van der Waals surface area contributed by atoms with E-state index in [9.17, 15) is 0 Å². The van der Waals surface area contributed by atoms with Crippen molar-refractivity contribution < 1.29 is 9.96 Å². The zero-order valence-electron chi connectivity index (χ0n) is 8.51. The smallest absolute Gasteiger partial charge is 0.0795 e. The van der Waals surface area contributed by atoms with Gasteiger partial charge in [0, 0.05) is 12.5 Å². The number of quaternary nitrogens is 1. The molecule has 0 aliphatic carbocycles. The van der Waals surface area contributed by atoms with Crippen molar-refractivity contribution in [2.24, 2.45) is 0 Å². The summed E-state index contributed by atoms with van der Waals surface area (Å²) in [5.74, 6) is 0. The molecule has 0 bridgehead atoms. The van der Waals surface area contributed by atoms with E-state index in [1.165, 1.54) is 32.4 Å². The molecule has 1 atom stereocenters. The Morgan fingerprint density at radius 2 is 2.00 bits per heavy atom. The van der Waals surface area contributed by atoms with E-state index in [0.717, 1.165) is 10.5 Å². The second-order valence-electron chi connectivity index (χ2n) is 4.60. The summed E-state index contributed by atoms with van der Waals surface area (Å²) in [5, 5.41) is 3.52. The van der Waals surface area contributed by atoms with Crippen LogP contribution in [-0.2, 0) is 0 Å². The van der Waals surface area contributed by atoms with Crippen molar-refractivity contribution in [1.82, 2.24) is 5.32 Å². The molecule has 2 N–H and O–H groups in total. The molecule has 1 aliphatic heterocycles. The molecular formula is C9H22N2O. The molecule has 3 nitrogen and oxygen atoms in total. The fraction of sp³-hybridized carbons (Fsp3) is 1.00. The lowest BCUT2D eigenvalue weighted by molar-refractivity contribution is -0.870. The van der Waals surface area contributed by atoms with Crippen LogP contribution in [0.5, 0.6) is 0 Å². The summed E-state index contributed by atoms with van der Waals surface area (Å²) in [7, 11) is 6.78. The van der Waals surface area contributed by atoms with Crippen LogP contribution in [0.1, 0.15) is 19.3 Å². The Bertz CT molecular complexity index is 114. The lowest BCUT2D eigenvalue weighted by atomic mass is 10.1. The van der Waals surface area contributed by atoms with Crippen LogP contribution in [0.25, 0.3) is 0 Å². The highest BCUT2D eigenvalue weighted by atomic mass is 16.0. The van der Waals surface area contributed by atoms with Crippen molar-refractivity contribution >= 4 is 0 Å². The molecule has 0 amide bonds. The van der Waals surface area contributed by atoms with Gasteiger partial charge in [-0.2, -0.15) is 0 Å². The Morgan fingerprint density at radius 1 is 1.33 bits per heavy atom. The van der Waals surface area contributed by atoms with Gasteiger partial charge in [-0.3, -0.25) is 0 Å². The molecule has 1 saturated heterocycles. The van der Waals surface area contributed by atoms with E-state index in [0.29, 0.717) is 0 Å². The molecule has 1 rings (SSSR count). The maximum Gasteiger partial charge on any atom is 0.0795 e. The van der Waals surface area contributed by atoms with Crippen molar-refractivity contribution in [2.75, 3.05) is 34.2 Å². The van der Waals surface area contributed by atoms with Gasteiger partial charge in [-0.05, 0) is 19.4 Å². The van der Waals surface area contributed by atoms with Gasteiger partial charge >= 0.3 is 0 Å². The van der Waals surface area contributed by atoms with Gasteiger partial charge in [-0.1, -0.05) is 0 Å². The highest BCUT2D eigenvalue weighted by Crippen LogP contribution is 2.09. The van der Waals surface area contributed by atoms with E-state index in [4.69, 9.17) is 0 Å². The summed E-state index contributed by atoms with van der Waals surface area (Å²) in [5.41, 5.74) is 0. The van der Waals surface area contributed by atoms with Gasteiger partial charge in [0.05, 0.1) is 27.7 Å². The minimum atomic E-state index is 0. The van der Waals surface area contributed by atoms with E-state index in [2.05, 4.69) is 26.5 Å². The van der Waals surface area contributed by atoms with Crippen LogP contribution < -0.4 is 5.32 Å². The molecular weight excluding hydrogens is 152 g/mol. The third-order valence-corrected chi connectivity index (χ3v) is 2.31. The first kappa shape index (κ1) is 11.9. The van der Waals surface area contributed by atoms with Gasteiger partial charge in [0.15, 0.2) is 0 Å². The first-order valence-electron chi connectivity index (χ1n) is 4.62. The number of nitrogens with one attached hydrogen (secondary N) is 1. The summed E-state index contributed by atoms with van der Waals surface area (Å²) in [6.07, 6.45) is 4.10. The molecule has 1 heterocycles. The predicted molar refractivity (Wildman–Crippen MR) is 50.5 cm³/mol. The van der Waals surface area contributed by atoms with E-state index in [1.807, 2.05) is 0 Å². The molecule has 12 heavy (non-hydrogen) atoms. The number of nitrogens with zero attached hydrogens (tertiary/aromatic N) is 1. The molecule has 1 fully saturated rings. The standard InChI is InChI=1S/C9H21N2.H2O/c1-11(2,3)8-6-9-5-4-7-10-9;/h9-10H,4-8H2,1-3H3;1H2/q+1;/p-1. The van der Waals surface area contributed by atoms with Gasteiger partial charge < -0.3 is 15.3 Å². The lowest BCUT2D eigenvalue weighted by Crippen LogP contribution is -2.38. The second kappa shape index (κ2) is 4.80. The fourth-order valence-corrected chi connectivity index (χ4v) is 1.55. The topological polar surface area (TPSA) is 42.0 Å². The molecule has 3 heteroatoms. The summed E-state index contributed by atoms with van der Waals surface area (Å²) >= 11 is 0. The van der Waals surface area contributed by atoms with Crippen molar-refractivity contribution in [3.63, 3.8) is 0 Å². The number of rotatable bonds is 3. The normalized spacial score (nSPS) is 23.8. The first-order valence-corrected chi connectivity index (χ1v) is 4.62. The van der Waals surface area contributed by atoms with Crippen LogP contribution in [0.15, 0.2) is 0 Å². The third-order valence-electron chi connectivity index (χ3n) is 2.31. The molecule has 0 aromatic rings. The monoisotopic (exact) mass is 174 g/mol. The van der Waals surface area contributed by atoms with Crippen LogP contribution in [0.4, 0.5) is 0 Å². The average Bonchev–Trinajstić information content (AvgIpc) is 2.32. The van der Waals surface area contributed by atoms with Gasteiger partial charge in [-0.15, -0.1) is 0 Å². The first-order chi connectivity index (χ1) is 5.08. The molecule has 0 saturated carbocycles. The highest BCUT2D eigenvalue weighted by molar-refractivity contribution is 4.73. The Morgan fingerprint density at radius 3 is 2.42 bits per heavy atom. The minimum Gasteiger partial charge on any atom is -0.870 e. The van der Waals surface area contributed by atoms with E-state index >= 15 is 0 Å². The van der Waals surface area contributed by atoms with Gasteiger partial charge in [0.1, 0.15) is 0 Å². The van der Waals surface area contributed by atoms with Crippen molar-refractivity contribution in [1.29, 1.82) is 0 Å². The summed E-state index contributed by atoms with van der Waals surface area (Å²) in [6, 6.07) is 0.812. The van der Waals surface area contributed by atoms with Gasteiger partial charge in [-0.25, -0.2) is 0 Å². The fourth-order valence-electron chi connectivity index (χ4n) is 1.55. The van der Waals surface area contributed by atoms with Crippen LogP contribution in [-0.4, -0.2) is 50.2 Å². The van der Waals surface area contributed by atoms with Gasteiger partial charge in [0.25, 0.3) is 0 Å². The van der Waals surface area contributed by atoms with E-state index in [-0.39, 0.29) is 5.48 Å². The Kier molecular flexibility index (Phi) is 4.75. The molecule has 0 aromatic heterocycles. The molecule has 0 radical (unpaired) electrons. The molecule has 1 unspecified atom stereocenters. The summed E-state index contributed by atoms with van der Waals surface area (Å²) < 4.78 is 1.10.